The van der Waals surface area contributed by atoms with Gasteiger partial charge in [0.05, 0.1) is 29.0 Å². The van der Waals surface area contributed by atoms with Crippen LogP contribution < -0.4 is 5.14 Å². The summed E-state index contributed by atoms with van der Waals surface area (Å²) in [4.78, 5) is -0.333. The van der Waals surface area contributed by atoms with Crippen LogP contribution in [0.2, 0.25) is 0 Å². The average molecular weight is 306 g/mol. The minimum absolute atomic E-state index is 0.103. The van der Waals surface area contributed by atoms with E-state index in [4.69, 9.17) is 9.88 Å². The number of primary sulfonamides is 1. The van der Waals surface area contributed by atoms with Gasteiger partial charge in [-0.15, -0.1) is 0 Å². The molecule has 1 aliphatic rings. The normalized spacial score (nSPS) is 17.4. The number of sulfonamides is 2. The zero-order valence-corrected chi connectivity index (χ0v) is 11.8. The van der Waals surface area contributed by atoms with Crippen molar-refractivity contribution in [3.63, 3.8) is 0 Å². The Morgan fingerprint density at radius 3 is 2.26 bits per heavy atom. The van der Waals surface area contributed by atoms with E-state index in [0.717, 1.165) is 6.07 Å². The summed E-state index contributed by atoms with van der Waals surface area (Å²) in [5.41, 5.74) is 0. The van der Waals surface area contributed by atoms with Crippen molar-refractivity contribution in [1.82, 2.24) is 4.31 Å². The second-order valence-electron chi connectivity index (χ2n) is 4.23. The van der Waals surface area contributed by atoms with Crippen LogP contribution in [0, 0.1) is 0 Å². The Morgan fingerprint density at radius 1 is 1.21 bits per heavy atom. The van der Waals surface area contributed by atoms with Gasteiger partial charge in [0.1, 0.15) is 0 Å². The fourth-order valence-corrected chi connectivity index (χ4v) is 3.61. The van der Waals surface area contributed by atoms with Crippen molar-refractivity contribution in [3.8, 4) is 0 Å². The molecule has 2 N–H and O–H groups in total. The summed E-state index contributed by atoms with van der Waals surface area (Å²) in [6, 6.07) is 4.77. The van der Waals surface area contributed by atoms with E-state index < -0.39 is 20.0 Å². The molecule has 0 aliphatic carbocycles. The minimum atomic E-state index is -3.93. The van der Waals surface area contributed by atoms with Crippen molar-refractivity contribution in [3.05, 3.63) is 24.3 Å². The van der Waals surface area contributed by atoms with Crippen molar-refractivity contribution in [2.45, 2.75) is 15.8 Å². The average Bonchev–Trinajstić information content (AvgIpc) is 2.25. The first-order chi connectivity index (χ1) is 8.73. The zero-order chi connectivity index (χ0) is 14.3. The molecule has 0 aromatic heterocycles. The van der Waals surface area contributed by atoms with Gasteiger partial charge < -0.3 is 4.74 Å². The lowest BCUT2D eigenvalue weighted by Crippen LogP contribution is -2.49. The van der Waals surface area contributed by atoms with Gasteiger partial charge in [0, 0.05) is 7.05 Å². The first kappa shape index (κ1) is 14.4. The zero-order valence-electron chi connectivity index (χ0n) is 10.2. The lowest BCUT2D eigenvalue weighted by molar-refractivity contribution is -0.0305. The van der Waals surface area contributed by atoms with Gasteiger partial charge in [-0.2, -0.15) is 4.31 Å². The Hall–Kier alpha value is -1.00. The second-order valence-corrected chi connectivity index (χ2v) is 7.79. The summed E-state index contributed by atoms with van der Waals surface area (Å²) in [6.07, 6.45) is 0. The smallest absolute Gasteiger partial charge is 0.243 e. The van der Waals surface area contributed by atoms with E-state index in [0.29, 0.717) is 13.2 Å². The molecule has 1 heterocycles. The molecule has 1 aromatic rings. The maximum absolute atomic E-state index is 12.3. The van der Waals surface area contributed by atoms with Crippen LogP contribution in [-0.2, 0) is 24.8 Å². The molecular formula is C10H14N2O5S2. The van der Waals surface area contributed by atoms with E-state index in [1.807, 2.05) is 0 Å². The van der Waals surface area contributed by atoms with E-state index >= 15 is 0 Å². The van der Waals surface area contributed by atoms with Crippen LogP contribution in [0.1, 0.15) is 0 Å². The van der Waals surface area contributed by atoms with E-state index in [-0.39, 0.29) is 15.8 Å². The number of rotatable bonds is 4. The second kappa shape index (κ2) is 4.84. The lowest BCUT2D eigenvalue weighted by Gasteiger charge is -2.33. The number of nitrogens with two attached hydrogens (primary N) is 1. The predicted octanol–water partition coefficient (Wildman–Crippen LogP) is -0.647. The monoisotopic (exact) mass is 306 g/mol. The molecule has 19 heavy (non-hydrogen) atoms. The lowest BCUT2D eigenvalue weighted by atomic mass is 10.3. The number of hydrogen-bond donors (Lipinski definition) is 1. The summed E-state index contributed by atoms with van der Waals surface area (Å²) in [5, 5.41) is 4.99. The van der Waals surface area contributed by atoms with Crippen molar-refractivity contribution >= 4 is 20.0 Å². The van der Waals surface area contributed by atoms with Crippen molar-refractivity contribution in [2.24, 2.45) is 5.14 Å². The van der Waals surface area contributed by atoms with Crippen LogP contribution >= 0.6 is 0 Å². The highest BCUT2D eigenvalue weighted by Crippen LogP contribution is 2.21. The van der Waals surface area contributed by atoms with Crippen LogP contribution in [0.3, 0.4) is 0 Å². The minimum Gasteiger partial charge on any atom is -0.378 e. The molecule has 106 valence electrons. The first-order valence-electron chi connectivity index (χ1n) is 5.41. The van der Waals surface area contributed by atoms with Gasteiger partial charge in [0.2, 0.25) is 20.0 Å². The van der Waals surface area contributed by atoms with Gasteiger partial charge >= 0.3 is 0 Å². The van der Waals surface area contributed by atoms with Crippen LogP contribution in [0.25, 0.3) is 0 Å². The van der Waals surface area contributed by atoms with Gasteiger partial charge in [0.15, 0.2) is 0 Å². The molecule has 9 heteroatoms. The Labute approximate surface area is 112 Å². The molecule has 2 rings (SSSR count). The first-order valence-corrected chi connectivity index (χ1v) is 8.40. The van der Waals surface area contributed by atoms with Crippen molar-refractivity contribution < 1.29 is 21.6 Å². The molecule has 7 nitrogen and oxygen atoms in total. The number of likely N-dealkylation sites (N-methyl/N-ethyl adjacent to an activating group) is 1. The fraction of sp³-hybridized carbons (Fsp3) is 0.400. The molecule has 0 unspecified atom stereocenters. The number of ether oxygens (including phenoxy) is 1. The third-order valence-electron chi connectivity index (χ3n) is 2.95. The molecule has 0 atom stereocenters. The number of benzene rings is 1. The van der Waals surface area contributed by atoms with E-state index in [1.54, 1.807) is 0 Å². The Balaban J connectivity index is 2.40. The number of hydrogen-bond acceptors (Lipinski definition) is 5. The predicted molar refractivity (Wildman–Crippen MR) is 67.4 cm³/mol. The van der Waals surface area contributed by atoms with Gasteiger partial charge in [0.25, 0.3) is 0 Å². The molecule has 1 aliphatic heterocycles. The summed E-state index contributed by atoms with van der Waals surface area (Å²) < 4.78 is 53.1. The van der Waals surface area contributed by atoms with E-state index in [1.165, 1.54) is 29.6 Å². The maximum Gasteiger partial charge on any atom is 0.243 e. The molecule has 0 spiro atoms. The molecule has 1 aromatic carbocycles. The number of nitrogens with zero attached hydrogens (tertiary/aromatic N) is 1. The highest BCUT2D eigenvalue weighted by molar-refractivity contribution is 7.90. The summed E-state index contributed by atoms with van der Waals surface area (Å²) in [7, 11) is -6.24. The van der Waals surface area contributed by atoms with Crippen molar-refractivity contribution in [2.75, 3.05) is 20.3 Å². The van der Waals surface area contributed by atoms with E-state index in [9.17, 15) is 16.8 Å². The van der Waals surface area contributed by atoms with Crippen LogP contribution in [-0.4, -0.2) is 47.4 Å². The van der Waals surface area contributed by atoms with Crippen molar-refractivity contribution in [1.29, 1.82) is 0 Å². The quantitative estimate of drug-likeness (QED) is 0.795. The van der Waals surface area contributed by atoms with Crippen LogP contribution in [0.5, 0.6) is 0 Å². The fourth-order valence-electron chi connectivity index (χ4n) is 1.61. The van der Waals surface area contributed by atoms with E-state index in [2.05, 4.69) is 0 Å². The molecule has 0 bridgehead atoms. The Bertz CT molecular complexity index is 680. The van der Waals surface area contributed by atoms with Gasteiger partial charge in [-0.25, -0.2) is 22.0 Å². The van der Waals surface area contributed by atoms with Gasteiger partial charge in [-0.3, -0.25) is 0 Å². The van der Waals surface area contributed by atoms with Crippen LogP contribution in [0.4, 0.5) is 0 Å². The highest BCUT2D eigenvalue weighted by atomic mass is 32.2. The summed E-state index contributed by atoms with van der Waals surface area (Å²) in [5.74, 6) is 0. The largest absolute Gasteiger partial charge is 0.378 e. The summed E-state index contributed by atoms with van der Waals surface area (Å²) in [6.45, 7) is 0.676. The SMILES string of the molecule is CN(C1COC1)S(=O)(=O)c1cccc(S(N)(=O)=O)c1. The third-order valence-corrected chi connectivity index (χ3v) is 5.76. The third kappa shape index (κ3) is 2.79. The maximum atomic E-state index is 12.3. The Kier molecular flexibility index (Phi) is 3.67. The topological polar surface area (TPSA) is 107 Å². The van der Waals surface area contributed by atoms with Crippen LogP contribution in [0.15, 0.2) is 34.1 Å². The molecule has 0 radical (unpaired) electrons. The van der Waals surface area contributed by atoms with Gasteiger partial charge in [-0.1, -0.05) is 6.07 Å². The summed E-state index contributed by atoms with van der Waals surface area (Å²) >= 11 is 0. The van der Waals surface area contributed by atoms with Gasteiger partial charge in [-0.05, 0) is 18.2 Å². The molecular weight excluding hydrogens is 292 g/mol. The molecule has 0 saturated carbocycles. The standard InChI is InChI=1S/C10H14N2O5S2/c1-12(8-6-17-7-8)19(15,16)10-4-2-3-9(5-10)18(11,13)14/h2-5,8H,6-7H2,1H3,(H2,11,13,14). The highest BCUT2D eigenvalue weighted by Gasteiger charge is 2.33. The molecule has 0 amide bonds. The molecule has 1 saturated heterocycles. The Morgan fingerprint density at radius 2 is 1.79 bits per heavy atom. The molecule has 1 fully saturated rings.